The summed E-state index contributed by atoms with van der Waals surface area (Å²) in [7, 11) is 4.70. The predicted molar refractivity (Wildman–Crippen MR) is 135 cm³/mol. The lowest BCUT2D eigenvalue weighted by Crippen LogP contribution is -3.14. The van der Waals surface area contributed by atoms with Crippen LogP contribution in [0.25, 0.3) is 10.9 Å². The summed E-state index contributed by atoms with van der Waals surface area (Å²) in [6.07, 6.45) is 4.99. The average Bonchev–Trinajstić information content (AvgIpc) is 3.19. The van der Waals surface area contributed by atoms with Crippen LogP contribution in [0.4, 0.5) is 0 Å². The molecule has 1 aliphatic carbocycles. The average molecular weight is 478 g/mol. The Morgan fingerprint density at radius 2 is 1.94 bits per heavy atom. The first-order valence-electron chi connectivity index (χ1n) is 12.1. The highest BCUT2D eigenvalue weighted by atomic mass is 16.5. The van der Waals surface area contributed by atoms with Crippen LogP contribution in [0.3, 0.4) is 0 Å². The van der Waals surface area contributed by atoms with Gasteiger partial charge in [-0.1, -0.05) is 11.6 Å². The van der Waals surface area contributed by atoms with Gasteiger partial charge in [0.2, 0.25) is 5.75 Å². The molecule has 0 saturated carbocycles. The van der Waals surface area contributed by atoms with Gasteiger partial charge in [0.25, 0.3) is 5.91 Å². The zero-order valence-corrected chi connectivity index (χ0v) is 20.8. The molecule has 2 N–H and O–H groups in total. The molecule has 0 bridgehead atoms. The van der Waals surface area contributed by atoms with Crippen molar-refractivity contribution < 1.29 is 23.9 Å². The number of methoxy groups -OCH3 is 3. The molecule has 3 aromatic rings. The number of carbonyl (C=O) groups excluding carboxylic acids is 1. The second kappa shape index (κ2) is 9.62. The van der Waals surface area contributed by atoms with Crippen molar-refractivity contribution in [3.63, 3.8) is 0 Å². The fraction of sp³-hybridized carbons (Fsp3) is 0.407. The Morgan fingerprint density at radius 1 is 1.17 bits per heavy atom. The van der Waals surface area contributed by atoms with Crippen molar-refractivity contribution in [3.8, 4) is 17.2 Å². The first-order valence-corrected chi connectivity index (χ1v) is 12.1. The number of ether oxygens (including phenoxy) is 3. The number of nitrogens with one attached hydrogen (secondary N) is 2. The van der Waals surface area contributed by atoms with Crippen LogP contribution in [0.5, 0.6) is 17.2 Å². The predicted octanol–water partition coefficient (Wildman–Crippen LogP) is 2.40. The molecular formula is C27H33N4O4+. The number of amides is 1. The summed E-state index contributed by atoms with van der Waals surface area (Å²) < 4.78 is 18.6. The van der Waals surface area contributed by atoms with E-state index < -0.39 is 0 Å². The molecule has 2 atom stereocenters. The minimum absolute atomic E-state index is 0.0868. The molecule has 5 rings (SSSR count). The van der Waals surface area contributed by atoms with Crippen molar-refractivity contribution in [3.05, 3.63) is 52.7 Å². The molecule has 8 heteroatoms. The molecule has 8 nitrogen and oxygen atoms in total. The van der Waals surface area contributed by atoms with Gasteiger partial charge in [-0.05, 0) is 49.6 Å². The van der Waals surface area contributed by atoms with Crippen LogP contribution < -0.4 is 24.5 Å². The van der Waals surface area contributed by atoms with Gasteiger partial charge in [-0.3, -0.25) is 4.79 Å². The molecule has 35 heavy (non-hydrogen) atoms. The van der Waals surface area contributed by atoms with Crippen molar-refractivity contribution in [1.29, 1.82) is 0 Å². The fourth-order valence-corrected chi connectivity index (χ4v) is 5.72. The highest BCUT2D eigenvalue weighted by molar-refractivity contribution is 5.87. The molecule has 1 amide bonds. The molecule has 0 saturated heterocycles. The quantitative estimate of drug-likeness (QED) is 0.405. The number of benzene rings is 2. The van der Waals surface area contributed by atoms with Crippen molar-refractivity contribution in [2.24, 2.45) is 5.10 Å². The molecular weight excluding hydrogens is 444 g/mol. The number of hydrogen-bond donors (Lipinski definition) is 2. The van der Waals surface area contributed by atoms with Crippen LogP contribution in [0.2, 0.25) is 0 Å². The second-order valence-corrected chi connectivity index (χ2v) is 9.32. The Kier molecular flexibility index (Phi) is 6.38. The standard InChI is InChI=1S/C27H32N4O4/c1-17-8-9-21-20(12-17)19-6-5-7-22-26(19)31(21)11-10-30(22)16-25(32)29-28-15-18-13-23(33-2)27(35-4)24(14-18)34-3/h8-9,12-15,22H,5-7,10-11,16H2,1-4H3,(H,29,32)/p+1/t22-/m1/s1. The van der Waals surface area contributed by atoms with Gasteiger partial charge < -0.3 is 23.7 Å². The minimum Gasteiger partial charge on any atom is -0.493 e. The van der Waals surface area contributed by atoms with E-state index in [9.17, 15) is 4.79 Å². The largest absolute Gasteiger partial charge is 0.493 e. The maximum absolute atomic E-state index is 12.8. The van der Waals surface area contributed by atoms with E-state index in [-0.39, 0.29) is 5.91 Å². The Labute approximate surface area is 205 Å². The van der Waals surface area contributed by atoms with Crippen LogP contribution in [-0.2, 0) is 17.8 Å². The lowest BCUT2D eigenvalue weighted by atomic mass is 9.89. The summed E-state index contributed by atoms with van der Waals surface area (Å²) in [4.78, 5) is 14.1. The number of aryl methyl sites for hydroxylation is 2. The van der Waals surface area contributed by atoms with Crippen LogP contribution in [0.1, 0.15) is 41.3 Å². The van der Waals surface area contributed by atoms with Gasteiger partial charge in [-0.25, -0.2) is 5.43 Å². The normalized spacial score (nSPS) is 19.0. The van der Waals surface area contributed by atoms with E-state index in [4.69, 9.17) is 14.2 Å². The molecule has 0 spiro atoms. The molecule has 1 aliphatic heterocycles. The number of hydrazone groups is 1. The van der Waals surface area contributed by atoms with Gasteiger partial charge in [0.15, 0.2) is 18.0 Å². The Hall–Kier alpha value is -3.52. The van der Waals surface area contributed by atoms with Gasteiger partial charge in [0.05, 0.1) is 46.3 Å². The van der Waals surface area contributed by atoms with Gasteiger partial charge in [0, 0.05) is 22.9 Å². The molecule has 2 heterocycles. The molecule has 2 aliphatic rings. The third-order valence-corrected chi connectivity index (χ3v) is 7.24. The van der Waals surface area contributed by atoms with E-state index in [1.54, 1.807) is 39.7 Å². The Morgan fingerprint density at radius 3 is 2.66 bits per heavy atom. The topological polar surface area (TPSA) is 78.5 Å². The highest BCUT2D eigenvalue weighted by Gasteiger charge is 2.38. The lowest BCUT2D eigenvalue weighted by Gasteiger charge is -2.36. The maximum Gasteiger partial charge on any atom is 0.295 e. The SMILES string of the molecule is COc1cc(C=NNC(=O)C[NH+]2CCn3c4c(c5cc(C)ccc53)CCC[C@H]42)cc(OC)c1OC. The van der Waals surface area contributed by atoms with Crippen LogP contribution >= 0.6 is 0 Å². The molecule has 0 radical (unpaired) electrons. The Balaban J connectivity index is 1.30. The number of rotatable bonds is 7. The second-order valence-electron chi connectivity index (χ2n) is 9.32. The first kappa shape index (κ1) is 23.2. The van der Waals surface area contributed by atoms with E-state index in [0.29, 0.717) is 29.8 Å². The van der Waals surface area contributed by atoms with Crippen molar-refractivity contribution >= 4 is 23.0 Å². The van der Waals surface area contributed by atoms with E-state index in [1.807, 2.05) is 0 Å². The Bertz CT molecular complexity index is 1270. The van der Waals surface area contributed by atoms with Crippen LogP contribution in [0.15, 0.2) is 35.4 Å². The summed E-state index contributed by atoms with van der Waals surface area (Å²) in [5.74, 6) is 1.51. The fourth-order valence-electron chi connectivity index (χ4n) is 5.72. The molecule has 184 valence electrons. The van der Waals surface area contributed by atoms with Gasteiger partial charge >= 0.3 is 0 Å². The summed E-state index contributed by atoms with van der Waals surface area (Å²) >= 11 is 0. The van der Waals surface area contributed by atoms with E-state index in [1.165, 1.54) is 32.6 Å². The highest BCUT2D eigenvalue weighted by Crippen LogP contribution is 2.38. The number of hydrogen-bond acceptors (Lipinski definition) is 5. The summed E-state index contributed by atoms with van der Waals surface area (Å²) in [6.45, 7) is 4.42. The maximum atomic E-state index is 12.8. The van der Waals surface area contributed by atoms with Crippen LogP contribution in [0, 0.1) is 6.92 Å². The minimum atomic E-state index is -0.0868. The van der Waals surface area contributed by atoms with Gasteiger partial charge in [-0.15, -0.1) is 0 Å². The number of fused-ring (bicyclic) bond motifs is 3. The number of aromatic nitrogens is 1. The zero-order valence-electron chi connectivity index (χ0n) is 20.8. The number of carbonyl (C=O) groups is 1. The van der Waals surface area contributed by atoms with Gasteiger partial charge in [-0.2, -0.15) is 5.10 Å². The molecule has 1 unspecified atom stereocenters. The van der Waals surface area contributed by atoms with E-state index in [2.05, 4.69) is 40.2 Å². The molecule has 2 aromatic carbocycles. The van der Waals surface area contributed by atoms with Crippen molar-refractivity contribution in [1.82, 2.24) is 9.99 Å². The zero-order chi connectivity index (χ0) is 24.5. The van der Waals surface area contributed by atoms with Gasteiger partial charge in [0.1, 0.15) is 6.04 Å². The molecule has 0 fully saturated rings. The first-order chi connectivity index (χ1) is 17.0. The summed E-state index contributed by atoms with van der Waals surface area (Å²) in [5, 5.41) is 5.58. The third-order valence-electron chi connectivity index (χ3n) is 7.24. The number of quaternary nitrogens is 1. The lowest BCUT2D eigenvalue weighted by molar-refractivity contribution is -0.929. The monoisotopic (exact) mass is 477 g/mol. The van der Waals surface area contributed by atoms with Crippen molar-refractivity contribution in [2.45, 2.75) is 38.8 Å². The third kappa shape index (κ3) is 4.23. The van der Waals surface area contributed by atoms with E-state index in [0.717, 1.165) is 37.9 Å². The smallest absolute Gasteiger partial charge is 0.295 e. The summed E-state index contributed by atoms with van der Waals surface area (Å²) in [5.41, 5.74) is 9.00. The number of nitrogens with zero attached hydrogens (tertiary/aromatic N) is 2. The van der Waals surface area contributed by atoms with E-state index >= 15 is 0 Å². The van der Waals surface area contributed by atoms with Crippen LogP contribution in [-0.4, -0.2) is 51.1 Å². The molecule has 1 aromatic heterocycles. The van der Waals surface area contributed by atoms with Crippen molar-refractivity contribution in [2.75, 3.05) is 34.4 Å². The summed E-state index contributed by atoms with van der Waals surface area (Å²) in [6, 6.07) is 10.7.